The second-order valence-electron chi connectivity index (χ2n) is 12.3. The van der Waals surface area contributed by atoms with E-state index in [1.54, 1.807) is 0 Å². The van der Waals surface area contributed by atoms with Gasteiger partial charge in [0.25, 0.3) is 0 Å². The van der Waals surface area contributed by atoms with Gasteiger partial charge in [0, 0.05) is 47.8 Å². The first-order valence-corrected chi connectivity index (χ1v) is 18.0. The molecule has 8 aromatic rings. The van der Waals surface area contributed by atoms with Crippen molar-refractivity contribution in [3.05, 3.63) is 174 Å². The number of benzene rings is 7. The number of aliphatic imine (C=N–C) groups is 2. The van der Waals surface area contributed by atoms with E-state index in [2.05, 4.69) is 131 Å². The van der Waals surface area contributed by atoms with Gasteiger partial charge in [-0.1, -0.05) is 145 Å². The highest BCUT2D eigenvalue weighted by molar-refractivity contribution is 8.05. The third kappa shape index (κ3) is 4.87. The van der Waals surface area contributed by atoms with Crippen LogP contribution in [0, 0.1) is 0 Å². The number of amidine groups is 2. The monoisotopic (exact) mass is 664 g/mol. The summed E-state index contributed by atoms with van der Waals surface area (Å²) in [6.45, 7) is 0. The second kappa shape index (κ2) is 11.5. The number of fused-ring (bicyclic) bond motifs is 7. The van der Waals surface area contributed by atoms with Crippen LogP contribution in [0.2, 0.25) is 0 Å². The molecule has 232 valence electrons. The fourth-order valence-corrected chi connectivity index (χ4v) is 9.39. The van der Waals surface area contributed by atoms with Gasteiger partial charge < -0.3 is 9.88 Å². The van der Waals surface area contributed by atoms with Gasteiger partial charge in [-0.2, -0.15) is 0 Å². The van der Waals surface area contributed by atoms with Crippen LogP contribution in [0.3, 0.4) is 0 Å². The number of para-hydroxylation sites is 1. The number of rotatable bonds is 4. The molecule has 2 aliphatic rings. The average Bonchev–Trinajstić information content (AvgIpc) is 3.52. The number of nitrogens with one attached hydrogen (secondary N) is 1. The van der Waals surface area contributed by atoms with Gasteiger partial charge in [-0.15, -0.1) is 0 Å². The predicted octanol–water partition coefficient (Wildman–Crippen LogP) is 11.0. The normalized spacial score (nSPS) is 14.3. The molecule has 2 aliphatic heterocycles. The SMILES string of the molecule is c1ccc(C2=NC(c3cccc(-n4c5ccccc5c5ccc6c(c54)Sc4cc5ccccc5cc4S6)c3)N=C(c3ccccc3)N2)cc1. The lowest BCUT2D eigenvalue weighted by Gasteiger charge is -2.23. The average molecular weight is 665 g/mol. The van der Waals surface area contributed by atoms with E-state index >= 15 is 0 Å². The van der Waals surface area contributed by atoms with Gasteiger partial charge in [0.05, 0.1) is 15.9 Å². The van der Waals surface area contributed by atoms with Crippen LogP contribution in [-0.2, 0) is 0 Å². The van der Waals surface area contributed by atoms with E-state index in [1.165, 1.54) is 52.2 Å². The fourth-order valence-electron chi connectivity index (χ4n) is 6.95. The minimum atomic E-state index is -0.404. The van der Waals surface area contributed by atoms with E-state index < -0.39 is 6.17 Å². The Labute approximate surface area is 292 Å². The van der Waals surface area contributed by atoms with Crippen LogP contribution in [0.1, 0.15) is 22.9 Å². The van der Waals surface area contributed by atoms with Crippen LogP contribution in [0.4, 0.5) is 0 Å². The zero-order valence-electron chi connectivity index (χ0n) is 26.2. The molecule has 0 unspecified atom stereocenters. The molecule has 0 radical (unpaired) electrons. The topological polar surface area (TPSA) is 41.7 Å². The number of hydrogen-bond donors (Lipinski definition) is 1. The van der Waals surface area contributed by atoms with E-state index in [9.17, 15) is 0 Å². The highest BCUT2D eigenvalue weighted by Crippen LogP contribution is 2.53. The van der Waals surface area contributed by atoms with Crippen LogP contribution < -0.4 is 5.32 Å². The van der Waals surface area contributed by atoms with Gasteiger partial charge in [-0.05, 0) is 47.2 Å². The van der Waals surface area contributed by atoms with Gasteiger partial charge in [0.1, 0.15) is 11.7 Å². The maximum absolute atomic E-state index is 5.17. The third-order valence-electron chi connectivity index (χ3n) is 9.26. The molecule has 0 aliphatic carbocycles. The lowest BCUT2D eigenvalue weighted by Crippen LogP contribution is -2.36. The largest absolute Gasteiger partial charge is 0.324 e. The molecule has 1 N–H and O–H groups in total. The van der Waals surface area contributed by atoms with Crippen LogP contribution >= 0.6 is 23.5 Å². The van der Waals surface area contributed by atoms with Crippen molar-refractivity contribution in [2.45, 2.75) is 25.7 Å². The van der Waals surface area contributed by atoms with E-state index in [1.807, 2.05) is 59.9 Å². The molecule has 1 aromatic heterocycles. The van der Waals surface area contributed by atoms with Crippen molar-refractivity contribution in [2.75, 3.05) is 0 Å². The molecule has 10 rings (SSSR count). The Kier molecular flexibility index (Phi) is 6.71. The van der Waals surface area contributed by atoms with Crippen LogP contribution in [0.25, 0.3) is 38.3 Å². The van der Waals surface area contributed by atoms with Gasteiger partial charge in [-0.25, -0.2) is 9.98 Å². The zero-order chi connectivity index (χ0) is 32.3. The molecule has 0 amide bonds. The summed E-state index contributed by atoms with van der Waals surface area (Å²) in [7, 11) is 0. The second-order valence-corrected chi connectivity index (χ2v) is 14.4. The molecule has 49 heavy (non-hydrogen) atoms. The van der Waals surface area contributed by atoms with E-state index in [0.717, 1.165) is 34.0 Å². The quantitative estimate of drug-likeness (QED) is 0.204. The summed E-state index contributed by atoms with van der Waals surface area (Å²) < 4.78 is 2.44. The summed E-state index contributed by atoms with van der Waals surface area (Å²) in [6.07, 6.45) is -0.404. The smallest absolute Gasteiger partial charge is 0.169 e. The summed E-state index contributed by atoms with van der Waals surface area (Å²) >= 11 is 3.76. The molecule has 7 aromatic carbocycles. The van der Waals surface area contributed by atoms with Crippen molar-refractivity contribution >= 4 is 67.8 Å². The predicted molar refractivity (Wildman–Crippen MR) is 205 cm³/mol. The van der Waals surface area contributed by atoms with Crippen LogP contribution in [-0.4, -0.2) is 16.2 Å². The summed E-state index contributed by atoms with van der Waals surface area (Å²) in [6, 6.07) is 56.0. The number of hydrogen-bond acceptors (Lipinski definition) is 5. The van der Waals surface area contributed by atoms with E-state index in [4.69, 9.17) is 9.98 Å². The van der Waals surface area contributed by atoms with Crippen molar-refractivity contribution in [1.82, 2.24) is 9.88 Å². The van der Waals surface area contributed by atoms with Crippen molar-refractivity contribution in [1.29, 1.82) is 0 Å². The van der Waals surface area contributed by atoms with Crippen LogP contribution in [0.5, 0.6) is 0 Å². The molecule has 0 saturated heterocycles. The summed E-state index contributed by atoms with van der Waals surface area (Å²) in [5.41, 5.74) is 6.62. The first kappa shape index (κ1) is 28.5. The fraction of sp³-hybridized carbons (Fsp3) is 0.0233. The summed E-state index contributed by atoms with van der Waals surface area (Å²) in [5, 5.41) is 8.57. The Morgan fingerprint density at radius 3 is 1.86 bits per heavy atom. The van der Waals surface area contributed by atoms with Crippen LogP contribution in [0.15, 0.2) is 187 Å². The lowest BCUT2D eigenvalue weighted by atomic mass is 10.1. The van der Waals surface area contributed by atoms with E-state index in [0.29, 0.717) is 0 Å². The summed E-state index contributed by atoms with van der Waals surface area (Å²) in [5.74, 6) is 1.63. The first-order chi connectivity index (χ1) is 24.3. The molecular formula is C43H28N4S2. The molecule has 3 heterocycles. The highest BCUT2D eigenvalue weighted by atomic mass is 32.2. The molecule has 0 bridgehead atoms. The van der Waals surface area contributed by atoms with Crippen molar-refractivity contribution in [3.63, 3.8) is 0 Å². The molecule has 0 spiro atoms. The molecule has 4 nitrogen and oxygen atoms in total. The Morgan fingerprint density at radius 2 is 1.14 bits per heavy atom. The molecule has 0 fully saturated rings. The molecule has 6 heteroatoms. The Bertz CT molecular complexity index is 2590. The number of nitrogens with zero attached hydrogens (tertiary/aromatic N) is 3. The van der Waals surface area contributed by atoms with Gasteiger partial charge in [0.15, 0.2) is 6.17 Å². The van der Waals surface area contributed by atoms with Crippen molar-refractivity contribution in [2.24, 2.45) is 9.98 Å². The highest BCUT2D eigenvalue weighted by Gasteiger charge is 2.26. The summed E-state index contributed by atoms with van der Waals surface area (Å²) in [4.78, 5) is 15.5. The minimum Gasteiger partial charge on any atom is -0.324 e. The molecular weight excluding hydrogens is 637 g/mol. The van der Waals surface area contributed by atoms with Gasteiger partial charge >= 0.3 is 0 Å². The zero-order valence-corrected chi connectivity index (χ0v) is 27.9. The van der Waals surface area contributed by atoms with Crippen molar-refractivity contribution < 1.29 is 0 Å². The van der Waals surface area contributed by atoms with Gasteiger partial charge in [0.2, 0.25) is 0 Å². The number of aromatic nitrogens is 1. The third-order valence-corrected chi connectivity index (χ3v) is 11.8. The maximum atomic E-state index is 5.17. The first-order valence-electron chi connectivity index (χ1n) is 16.4. The lowest BCUT2D eigenvalue weighted by molar-refractivity contribution is 0.755. The van der Waals surface area contributed by atoms with Gasteiger partial charge in [-0.3, -0.25) is 0 Å². The Hall–Kier alpha value is -5.56. The Morgan fingerprint density at radius 1 is 0.510 bits per heavy atom. The van der Waals surface area contributed by atoms with Crippen molar-refractivity contribution in [3.8, 4) is 5.69 Å². The maximum Gasteiger partial charge on any atom is 0.169 e. The van der Waals surface area contributed by atoms with E-state index in [-0.39, 0.29) is 0 Å². The molecule has 0 saturated carbocycles. The Balaban J connectivity index is 1.15. The standard InChI is InChI=1S/C43H28N4S2/c1-3-12-27(13-4-1)41-44-42(28-14-5-2-6-15-28)46-43(45-41)31-18-11-19-32(24-31)47-35-21-10-9-20-33(35)34-22-23-36-40(39(34)47)49-38-26-30-17-8-7-16-29(30)25-37(38)48-36/h1-26,43H,(H,44,45,46). The minimum absolute atomic E-state index is 0.404. The molecule has 0 atom stereocenters.